The Kier molecular flexibility index (Phi) is 7.26. The molecule has 0 fully saturated rings. The van der Waals surface area contributed by atoms with Crippen molar-refractivity contribution in [2.75, 3.05) is 26.4 Å². The van der Waals surface area contributed by atoms with Gasteiger partial charge in [0.1, 0.15) is 5.75 Å². The summed E-state index contributed by atoms with van der Waals surface area (Å²) in [5, 5.41) is 8.24. The number of nitrogens with one attached hydrogen (secondary N) is 1. The van der Waals surface area contributed by atoms with Crippen LogP contribution in [0.2, 0.25) is 5.02 Å². The summed E-state index contributed by atoms with van der Waals surface area (Å²) >= 11 is 5.68. The molecule has 0 aromatic heterocycles. The largest absolute Gasteiger partial charge is 0.433 e. The molecule has 0 heterocycles. The summed E-state index contributed by atoms with van der Waals surface area (Å²) in [5.74, 6) is -0.308. The summed E-state index contributed by atoms with van der Waals surface area (Å²) in [6.45, 7) is -3.02. The molecular weight excluding hydrogens is 332 g/mol. The van der Waals surface area contributed by atoms with Crippen molar-refractivity contribution in [3.05, 3.63) is 23.2 Å². The van der Waals surface area contributed by atoms with Crippen molar-refractivity contribution in [2.45, 2.75) is 11.5 Å². The van der Waals surface area contributed by atoms with E-state index in [-0.39, 0.29) is 42.0 Å². The molecule has 0 bridgehead atoms. The van der Waals surface area contributed by atoms with Gasteiger partial charge in [-0.3, -0.25) is 0 Å². The van der Waals surface area contributed by atoms with Gasteiger partial charge in [-0.25, -0.2) is 13.1 Å². The third-order valence-corrected chi connectivity index (χ3v) is 3.96. The van der Waals surface area contributed by atoms with E-state index in [4.69, 9.17) is 21.4 Å². The first-order chi connectivity index (χ1) is 9.86. The van der Waals surface area contributed by atoms with E-state index in [0.717, 1.165) is 18.2 Å². The zero-order valence-corrected chi connectivity index (χ0v) is 12.3. The van der Waals surface area contributed by atoms with Gasteiger partial charge in [-0.05, 0) is 18.2 Å². The highest BCUT2D eigenvalue weighted by molar-refractivity contribution is 7.89. The van der Waals surface area contributed by atoms with Crippen molar-refractivity contribution in [1.29, 1.82) is 0 Å². The van der Waals surface area contributed by atoms with Crippen molar-refractivity contribution in [3.8, 4) is 5.75 Å². The third-order valence-electron chi connectivity index (χ3n) is 2.20. The van der Waals surface area contributed by atoms with Gasteiger partial charge in [0.25, 0.3) is 0 Å². The van der Waals surface area contributed by atoms with Crippen LogP contribution >= 0.6 is 11.6 Å². The lowest BCUT2D eigenvalue weighted by molar-refractivity contribution is -0.0498. The van der Waals surface area contributed by atoms with Gasteiger partial charge in [-0.15, -0.1) is 0 Å². The summed E-state index contributed by atoms with van der Waals surface area (Å²) in [4.78, 5) is -0.184. The third kappa shape index (κ3) is 6.10. The number of hydrogen-bond acceptors (Lipinski definition) is 5. The van der Waals surface area contributed by atoms with Crippen LogP contribution in [0.5, 0.6) is 5.75 Å². The van der Waals surface area contributed by atoms with Crippen LogP contribution in [-0.4, -0.2) is 46.5 Å². The lowest BCUT2D eigenvalue weighted by Gasteiger charge is -2.10. The quantitative estimate of drug-likeness (QED) is 0.658. The van der Waals surface area contributed by atoms with Gasteiger partial charge in [-0.2, -0.15) is 8.78 Å². The van der Waals surface area contributed by atoms with Crippen LogP contribution in [0.15, 0.2) is 23.1 Å². The van der Waals surface area contributed by atoms with Gasteiger partial charge in [0.2, 0.25) is 10.0 Å². The van der Waals surface area contributed by atoms with E-state index < -0.39 is 16.6 Å². The Morgan fingerprint density at radius 1 is 1.33 bits per heavy atom. The minimum atomic E-state index is -3.84. The Morgan fingerprint density at radius 3 is 2.62 bits per heavy atom. The number of sulfonamides is 1. The highest BCUT2D eigenvalue weighted by Crippen LogP contribution is 2.28. The number of halogens is 3. The second-order valence-electron chi connectivity index (χ2n) is 3.70. The number of aliphatic hydroxyl groups is 1. The molecule has 0 saturated heterocycles. The summed E-state index contributed by atoms with van der Waals surface area (Å²) in [6, 6.07) is 3.15. The summed E-state index contributed by atoms with van der Waals surface area (Å²) in [5.41, 5.74) is 0. The number of rotatable bonds is 9. The number of ether oxygens (including phenoxy) is 2. The predicted octanol–water partition coefficient (Wildman–Crippen LogP) is 1.23. The normalized spacial score (nSPS) is 11.9. The molecule has 1 aromatic carbocycles. The second-order valence-corrected chi connectivity index (χ2v) is 5.88. The van der Waals surface area contributed by atoms with E-state index in [1.54, 1.807) is 0 Å². The smallest absolute Gasteiger partial charge is 0.387 e. The molecule has 0 amide bonds. The fourth-order valence-corrected chi connectivity index (χ4v) is 2.67. The van der Waals surface area contributed by atoms with Gasteiger partial charge in [0.05, 0.1) is 29.7 Å². The average Bonchev–Trinajstić information content (AvgIpc) is 2.40. The maximum absolute atomic E-state index is 12.1. The molecule has 1 rings (SSSR count). The molecule has 0 aliphatic carbocycles. The fraction of sp³-hybridized carbons (Fsp3) is 0.455. The van der Waals surface area contributed by atoms with E-state index in [1.807, 2.05) is 0 Å². The lowest BCUT2D eigenvalue weighted by atomic mass is 10.3. The SMILES string of the molecule is O=S(=O)(NCCOCCO)c1ccc(OC(F)F)c(Cl)c1. The van der Waals surface area contributed by atoms with E-state index >= 15 is 0 Å². The van der Waals surface area contributed by atoms with Gasteiger partial charge in [-0.1, -0.05) is 11.6 Å². The molecule has 0 aliphatic rings. The van der Waals surface area contributed by atoms with Crippen LogP contribution in [0.4, 0.5) is 8.78 Å². The summed E-state index contributed by atoms with van der Waals surface area (Å²) in [7, 11) is -3.84. The molecule has 0 spiro atoms. The van der Waals surface area contributed by atoms with Crippen molar-refractivity contribution >= 4 is 21.6 Å². The van der Waals surface area contributed by atoms with Crippen LogP contribution < -0.4 is 9.46 Å². The Labute approximate surface area is 125 Å². The molecule has 1 aromatic rings. The van der Waals surface area contributed by atoms with Crippen LogP contribution in [0, 0.1) is 0 Å². The lowest BCUT2D eigenvalue weighted by Crippen LogP contribution is -2.27. The molecule has 0 aliphatic heterocycles. The first kappa shape index (κ1) is 18.1. The predicted molar refractivity (Wildman–Crippen MR) is 71.2 cm³/mol. The average molecular weight is 346 g/mol. The standard InChI is InChI=1S/C11H14ClF2NO5S/c12-9-7-8(1-2-10(9)20-11(13)14)21(17,18)15-3-5-19-6-4-16/h1-2,7,11,15-16H,3-6H2. The van der Waals surface area contributed by atoms with Crippen LogP contribution in [0.3, 0.4) is 0 Å². The number of benzene rings is 1. The van der Waals surface area contributed by atoms with E-state index in [0.29, 0.717) is 0 Å². The number of aliphatic hydroxyl groups excluding tert-OH is 1. The molecule has 10 heteroatoms. The zero-order valence-electron chi connectivity index (χ0n) is 10.8. The van der Waals surface area contributed by atoms with Gasteiger partial charge in [0, 0.05) is 6.54 Å². The van der Waals surface area contributed by atoms with E-state index in [2.05, 4.69) is 9.46 Å². The van der Waals surface area contributed by atoms with Crippen molar-refractivity contribution in [3.63, 3.8) is 0 Å². The van der Waals surface area contributed by atoms with Gasteiger partial charge >= 0.3 is 6.61 Å². The minimum absolute atomic E-state index is 0.00472. The Morgan fingerprint density at radius 2 is 2.05 bits per heavy atom. The summed E-state index contributed by atoms with van der Waals surface area (Å²) in [6.07, 6.45) is 0. The molecule has 6 nitrogen and oxygen atoms in total. The van der Waals surface area contributed by atoms with Crippen LogP contribution in [0.25, 0.3) is 0 Å². The molecule has 0 atom stereocenters. The minimum Gasteiger partial charge on any atom is -0.433 e. The highest BCUT2D eigenvalue weighted by Gasteiger charge is 2.17. The molecule has 0 radical (unpaired) electrons. The van der Waals surface area contributed by atoms with Gasteiger partial charge < -0.3 is 14.6 Å². The van der Waals surface area contributed by atoms with E-state index in [1.165, 1.54) is 0 Å². The molecule has 0 saturated carbocycles. The number of hydrogen-bond donors (Lipinski definition) is 2. The van der Waals surface area contributed by atoms with Crippen molar-refractivity contribution in [2.24, 2.45) is 0 Å². The topological polar surface area (TPSA) is 84.9 Å². The zero-order chi connectivity index (χ0) is 15.9. The Hall–Kier alpha value is -1.00. The van der Waals surface area contributed by atoms with Crippen molar-refractivity contribution < 1.29 is 31.8 Å². The van der Waals surface area contributed by atoms with Gasteiger partial charge in [0.15, 0.2) is 0 Å². The first-order valence-corrected chi connectivity index (χ1v) is 7.65. The van der Waals surface area contributed by atoms with E-state index in [9.17, 15) is 17.2 Å². The second kappa shape index (κ2) is 8.44. The first-order valence-electron chi connectivity index (χ1n) is 5.79. The maximum atomic E-state index is 12.1. The maximum Gasteiger partial charge on any atom is 0.387 e. The molecular formula is C11H14ClF2NO5S. The summed E-state index contributed by atoms with van der Waals surface area (Å²) < 4.78 is 59.1. The highest BCUT2D eigenvalue weighted by atomic mass is 35.5. The van der Waals surface area contributed by atoms with Crippen LogP contribution in [-0.2, 0) is 14.8 Å². The Balaban J connectivity index is 2.68. The number of alkyl halides is 2. The van der Waals surface area contributed by atoms with Crippen LogP contribution in [0.1, 0.15) is 0 Å². The van der Waals surface area contributed by atoms with Crippen molar-refractivity contribution in [1.82, 2.24) is 4.72 Å². The monoisotopic (exact) mass is 345 g/mol. The molecule has 120 valence electrons. The molecule has 0 unspecified atom stereocenters. The molecule has 2 N–H and O–H groups in total. The Bertz CT molecular complexity index is 556. The molecule has 21 heavy (non-hydrogen) atoms. The fourth-order valence-electron chi connectivity index (χ4n) is 1.34.